The Morgan fingerprint density at radius 3 is 2.49 bits per heavy atom. The summed E-state index contributed by atoms with van der Waals surface area (Å²) < 4.78 is 10.9. The second-order valence-corrected chi connectivity index (χ2v) is 8.29. The molecular formula is C27H22N4O6. The molecule has 4 rings (SSSR count). The van der Waals surface area contributed by atoms with Crippen molar-refractivity contribution in [3.8, 4) is 22.9 Å². The minimum absolute atomic E-state index is 0.0161. The maximum absolute atomic E-state index is 13.1. The van der Waals surface area contributed by atoms with E-state index in [1.165, 1.54) is 37.1 Å². The summed E-state index contributed by atoms with van der Waals surface area (Å²) in [5.74, 6) is -1.58. The van der Waals surface area contributed by atoms with Crippen molar-refractivity contribution in [3.05, 3.63) is 70.9 Å². The number of aromatic nitrogens is 1. The average Bonchev–Trinajstić information content (AvgIpc) is 3.30. The third-order valence-corrected chi connectivity index (χ3v) is 5.99. The Morgan fingerprint density at radius 1 is 1.11 bits per heavy atom. The van der Waals surface area contributed by atoms with E-state index in [4.69, 9.17) is 14.5 Å². The molecular weight excluding hydrogens is 476 g/mol. The van der Waals surface area contributed by atoms with E-state index in [0.717, 1.165) is 16.8 Å². The van der Waals surface area contributed by atoms with Gasteiger partial charge in [-0.1, -0.05) is 11.2 Å². The summed E-state index contributed by atoms with van der Waals surface area (Å²) in [6.45, 7) is 3.38. The van der Waals surface area contributed by atoms with E-state index in [9.17, 15) is 19.5 Å². The number of amides is 2. The van der Waals surface area contributed by atoms with Crippen molar-refractivity contribution >= 4 is 40.1 Å². The van der Waals surface area contributed by atoms with E-state index < -0.39 is 11.9 Å². The van der Waals surface area contributed by atoms with Crippen LogP contribution in [-0.4, -0.2) is 42.2 Å². The smallest absolute Gasteiger partial charge is 0.337 e. The van der Waals surface area contributed by atoms with E-state index in [1.807, 2.05) is 31.2 Å². The maximum Gasteiger partial charge on any atom is 0.337 e. The van der Waals surface area contributed by atoms with E-state index in [0.29, 0.717) is 22.3 Å². The quantitative estimate of drug-likeness (QED) is 0.392. The van der Waals surface area contributed by atoms with E-state index in [-0.39, 0.29) is 28.4 Å². The van der Waals surface area contributed by atoms with Crippen LogP contribution in [0.2, 0.25) is 0 Å². The molecule has 1 heterocycles. The zero-order chi connectivity index (χ0) is 26.9. The number of benzene rings is 3. The summed E-state index contributed by atoms with van der Waals surface area (Å²) in [6.07, 6.45) is 0. The molecule has 0 fully saturated rings. The largest absolute Gasteiger partial charge is 0.496 e. The molecule has 0 atom stereocenters. The first-order valence-corrected chi connectivity index (χ1v) is 11.1. The Balaban J connectivity index is 1.77. The van der Waals surface area contributed by atoms with Gasteiger partial charge in [0.2, 0.25) is 5.91 Å². The van der Waals surface area contributed by atoms with Crippen LogP contribution in [0.25, 0.3) is 22.1 Å². The van der Waals surface area contributed by atoms with Crippen molar-refractivity contribution in [2.24, 2.45) is 0 Å². The van der Waals surface area contributed by atoms with Crippen LogP contribution in [0.4, 0.5) is 11.4 Å². The lowest BCUT2D eigenvalue weighted by Crippen LogP contribution is -2.22. The van der Waals surface area contributed by atoms with Gasteiger partial charge in [-0.05, 0) is 54.4 Å². The number of hydrogen-bond donors (Lipinski definition) is 2. The number of nitrogens with one attached hydrogen (secondary N) is 1. The van der Waals surface area contributed by atoms with E-state index >= 15 is 0 Å². The first-order valence-electron chi connectivity index (χ1n) is 11.1. The molecule has 4 aromatic rings. The summed E-state index contributed by atoms with van der Waals surface area (Å²) in [4.78, 5) is 38.0. The van der Waals surface area contributed by atoms with Gasteiger partial charge >= 0.3 is 5.97 Å². The minimum Gasteiger partial charge on any atom is -0.496 e. The Hall–Kier alpha value is -5.17. The SMILES string of the molecule is COc1cc2onc(C(=O)Nc3ccc(C#N)cc3C(=O)O)c2cc1-c1ccc(N(C)C(C)=O)cc1C. The summed E-state index contributed by atoms with van der Waals surface area (Å²) in [7, 11) is 3.20. The van der Waals surface area contributed by atoms with Gasteiger partial charge in [-0.25, -0.2) is 4.79 Å². The summed E-state index contributed by atoms with van der Waals surface area (Å²) >= 11 is 0. The molecule has 0 aliphatic carbocycles. The van der Waals surface area contributed by atoms with Gasteiger partial charge in [0.25, 0.3) is 5.91 Å². The second-order valence-electron chi connectivity index (χ2n) is 8.29. The van der Waals surface area contributed by atoms with Crippen LogP contribution >= 0.6 is 0 Å². The number of anilines is 2. The molecule has 186 valence electrons. The normalized spacial score (nSPS) is 10.6. The summed E-state index contributed by atoms with van der Waals surface area (Å²) in [6, 6.07) is 14.7. The van der Waals surface area contributed by atoms with E-state index in [2.05, 4.69) is 10.5 Å². The van der Waals surface area contributed by atoms with Crippen LogP contribution in [0.15, 0.2) is 53.1 Å². The van der Waals surface area contributed by atoms with Crippen molar-refractivity contribution < 1.29 is 28.8 Å². The van der Waals surface area contributed by atoms with E-state index in [1.54, 1.807) is 19.2 Å². The van der Waals surface area contributed by atoms with Gasteiger partial charge < -0.3 is 24.6 Å². The molecule has 0 aliphatic heterocycles. The average molecular weight is 498 g/mol. The summed E-state index contributed by atoms with van der Waals surface area (Å²) in [5.41, 5.74) is 3.27. The molecule has 10 heteroatoms. The zero-order valence-electron chi connectivity index (χ0n) is 20.4. The van der Waals surface area contributed by atoms with Gasteiger partial charge in [0, 0.05) is 31.3 Å². The number of carbonyl (C=O) groups excluding carboxylic acids is 2. The third kappa shape index (κ3) is 4.70. The number of aromatic carboxylic acids is 1. The van der Waals surface area contributed by atoms with Crippen molar-refractivity contribution in [1.82, 2.24) is 5.16 Å². The minimum atomic E-state index is -1.29. The lowest BCUT2D eigenvalue weighted by Gasteiger charge is -2.18. The highest BCUT2D eigenvalue weighted by Crippen LogP contribution is 2.38. The number of nitrogens with zero attached hydrogens (tertiary/aromatic N) is 3. The topological polar surface area (TPSA) is 146 Å². The Morgan fingerprint density at radius 2 is 1.86 bits per heavy atom. The first kappa shape index (κ1) is 24.9. The molecule has 0 bridgehead atoms. The molecule has 10 nitrogen and oxygen atoms in total. The monoisotopic (exact) mass is 498 g/mol. The predicted octanol–water partition coefficient (Wildman–Crippen LogP) is 4.62. The van der Waals surface area contributed by atoms with Crippen molar-refractivity contribution in [2.45, 2.75) is 13.8 Å². The molecule has 0 saturated heterocycles. The number of carbonyl (C=O) groups is 3. The number of carboxylic acid groups (broad SMARTS) is 1. The fourth-order valence-electron chi connectivity index (χ4n) is 3.93. The fourth-order valence-corrected chi connectivity index (χ4v) is 3.93. The fraction of sp³-hybridized carbons (Fsp3) is 0.148. The van der Waals surface area contributed by atoms with Gasteiger partial charge in [-0.3, -0.25) is 9.59 Å². The number of ether oxygens (including phenoxy) is 1. The third-order valence-electron chi connectivity index (χ3n) is 5.99. The number of nitriles is 1. The molecule has 2 N–H and O–H groups in total. The molecule has 1 aromatic heterocycles. The van der Waals surface area contributed by atoms with Gasteiger partial charge in [0.05, 0.1) is 35.4 Å². The molecule has 37 heavy (non-hydrogen) atoms. The standard InChI is InChI=1S/C27H22N4O6/c1-14-9-17(31(3)15(2)32)6-7-18(14)19-11-21-24(12-23(19)36-4)37-30-25(21)26(33)29-22-8-5-16(13-28)10-20(22)27(34)35/h5-12H,1-4H3,(H,29,33)(H,34,35). The lowest BCUT2D eigenvalue weighted by atomic mass is 9.97. The van der Waals surface area contributed by atoms with Gasteiger partial charge in [0.1, 0.15) is 5.75 Å². The van der Waals surface area contributed by atoms with Gasteiger partial charge in [0.15, 0.2) is 11.3 Å². The molecule has 0 radical (unpaired) electrons. The number of carboxylic acids is 1. The Labute approximate surface area is 211 Å². The van der Waals surface area contributed by atoms with Crippen LogP contribution < -0.4 is 15.0 Å². The van der Waals surface area contributed by atoms with Crippen LogP contribution in [0, 0.1) is 18.3 Å². The number of rotatable bonds is 6. The van der Waals surface area contributed by atoms with Crippen LogP contribution in [0.3, 0.4) is 0 Å². The lowest BCUT2D eigenvalue weighted by molar-refractivity contribution is -0.116. The van der Waals surface area contributed by atoms with Crippen molar-refractivity contribution in [1.29, 1.82) is 5.26 Å². The highest BCUT2D eigenvalue weighted by Gasteiger charge is 2.22. The number of hydrogen-bond acceptors (Lipinski definition) is 7. The predicted molar refractivity (Wildman–Crippen MR) is 136 cm³/mol. The number of fused-ring (bicyclic) bond motifs is 1. The highest BCUT2D eigenvalue weighted by atomic mass is 16.5. The van der Waals surface area contributed by atoms with Crippen molar-refractivity contribution in [2.75, 3.05) is 24.4 Å². The first-order chi connectivity index (χ1) is 17.6. The molecule has 0 unspecified atom stereocenters. The Kier molecular flexibility index (Phi) is 6.63. The second kappa shape index (κ2) is 9.83. The maximum atomic E-state index is 13.1. The number of aryl methyl sites for hydroxylation is 1. The molecule has 0 saturated carbocycles. The Bertz CT molecular complexity index is 1620. The van der Waals surface area contributed by atoms with Crippen molar-refractivity contribution in [3.63, 3.8) is 0 Å². The number of methoxy groups -OCH3 is 1. The zero-order valence-corrected chi connectivity index (χ0v) is 20.4. The molecule has 2 amide bonds. The highest BCUT2D eigenvalue weighted by molar-refractivity contribution is 6.13. The summed E-state index contributed by atoms with van der Waals surface area (Å²) in [5, 5.41) is 25.4. The van der Waals surface area contributed by atoms with Crippen LogP contribution in [-0.2, 0) is 4.79 Å². The molecule has 0 spiro atoms. The van der Waals surface area contributed by atoms with Gasteiger partial charge in [-0.15, -0.1) is 0 Å². The molecule has 0 aliphatic rings. The van der Waals surface area contributed by atoms with Crippen LogP contribution in [0.5, 0.6) is 5.75 Å². The van der Waals surface area contributed by atoms with Gasteiger partial charge in [-0.2, -0.15) is 5.26 Å². The van der Waals surface area contributed by atoms with Crippen LogP contribution in [0.1, 0.15) is 38.9 Å². The molecule has 3 aromatic carbocycles.